The number of hydrogen-bond donors (Lipinski definition) is 2. The first kappa shape index (κ1) is 16.2. The van der Waals surface area contributed by atoms with Gasteiger partial charge in [0.15, 0.2) is 9.84 Å². The van der Waals surface area contributed by atoms with Crippen LogP contribution in [0.15, 0.2) is 30.3 Å². The van der Waals surface area contributed by atoms with Gasteiger partial charge in [-0.1, -0.05) is 37.3 Å². The van der Waals surface area contributed by atoms with Crippen LogP contribution in [0.2, 0.25) is 0 Å². The van der Waals surface area contributed by atoms with Crippen LogP contribution in [-0.4, -0.2) is 42.9 Å². The minimum absolute atomic E-state index is 0.105. The van der Waals surface area contributed by atoms with Gasteiger partial charge in [-0.25, -0.2) is 13.2 Å². The van der Waals surface area contributed by atoms with Gasteiger partial charge in [-0.3, -0.25) is 4.79 Å². The molecule has 0 aliphatic heterocycles. The number of carboxylic acids is 1. The Morgan fingerprint density at radius 2 is 1.85 bits per heavy atom. The Kier molecular flexibility index (Phi) is 5.69. The largest absolute Gasteiger partial charge is 0.480 e. The minimum atomic E-state index is -3.47. The molecular weight excluding hydrogens is 282 g/mol. The van der Waals surface area contributed by atoms with Gasteiger partial charge in [-0.15, -0.1) is 0 Å². The van der Waals surface area contributed by atoms with Gasteiger partial charge >= 0.3 is 5.97 Å². The zero-order chi connectivity index (χ0) is 15.2. The van der Waals surface area contributed by atoms with Crippen LogP contribution in [0.5, 0.6) is 0 Å². The van der Waals surface area contributed by atoms with Gasteiger partial charge in [0.25, 0.3) is 0 Å². The molecule has 0 saturated carbocycles. The molecule has 0 aromatic heterocycles. The smallest absolute Gasteiger partial charge is 0.326 e. The van der Waals surface area contributed by atoms with E-state index in [0.29, 0.717) is 0 Å². The number of amides is 1. The molecule has 1 amide bonds. The number of carbonyl (C=O) groups is 2. The summed E-state index contributed by atoms with van der Waals surface area (Å²) in [6.07, 6.45) is 0.105. The summed E-state index contributed by atoms with van der Waals surface area (Å²) in [4.78, 5) is 22.7. The number of carboxylic acid groups (broad SMARTS) is 1. The van der Waals surface area contributed by atoms with Crippen molar-refractivity contribution in [2.75, 3.05) is 11.5 Å². The van der Waals surface area contributed by atoms with Gasteiger partial charge in [-0.2, -0.15) is 0 Å². The van der Waals surface area contributed by atoms with E-state index in [-0.39, 0.29) is 12.2 Å². The lowest BCUT2D eigenvalue weighted by molar-refractivity contribution is -0.141. The van der Waals surface area contributed by atoms with Crippen molar-refractivity contribution >= 4 is 21.7 Å². The Morgan fingerprint density at radius 1 is 1.25 bits per heavy atom. The normalized spacial score (nSPS) is 12.7. The van der Waals surface area contributed by atoms with Crippen LogP contribution in [0.1, 0.15) is 12.5 Å². The fourth-order valence-electron chi connectivity index (χ4n) is 1.59. The van der Waals surface area contributed by atoms with E-state index in [0.717, 1.165) is 5.56 Å². The number of rotatable bonds is 7. The van der Waals surface area contributed by atoms with Crippen molar-refractivity contribution in [3.8, 4) is 0 Å². The molecule has 2 N–H and O–H groups in total. The number of benzene rings is 1. The zero-order valence-corrected chi connectivity index (χ0v) is 11.9. The summed E-state index contributed by atoms with van der Waals surface area (Å²) < 4.78 is 22.6. The molecule has 110 valence electrons. The SMILES string of the molecule is CCS(=O)(=O)CC(=O)N[C@H](Cc1ccccc1)C(=O)O. The molecule has 7 heteroatoms. The molecule has 1 aromatic rings. The number of hydrogen-bond acceptors (Lipinski definition) is 4. The lowest BCUT2D eigenvalue weighted by Gasteiger charge is -2.14. The van der Waals surface area contributed by atoms with Crippen LogP contribution in [0.3, 0.4) is 0 Å². The topological polar surface area (TPSA) is 101 Å². The summed E-state index contributed by atoms with van der Waals surface area (Å²) in [5.41, 5.74) is 0.749. The summed E-state index contributed by atoms with van der Waals surface area (Å²) in [7, 11) is -3.47. The molecule has 1 atom stereocenters. The van der Waals surface area contributed by atoms with Gasteiger partial charge in [0.2, 0.25) is 5.91 Å². The first-order valence-corrected chi connectivity index (χ1v) is 7.92. The molecule has 0 aliphatic rings. The Bertz CT molecular complexity index is 568. The molecule has 0 unspecified atom stereocenters. The highest BCUT2D eigenvalue weighted by Gasteiger charge is 2.23. The maximum atomic E-state index is 11.6. The third kappa shape index (κ3) is 5.40. The van der Waals surface area contributed by atoms with E-state index in [4.69, 9.17) is 5.11 Å². The standard InChI is InChI=1S/C13H17NO5S/c1-2-20(18,19)9-12(15)14-11(13(16)17)8-10-6-4-3-5-7-10/h3-7,11H,2,8-9H2,1H3,(H,14,15)(H,16,17)/t11-/m1/s1. The summed E-state index contributed by atoms with van der Waals surface area (Å²) in [6.45, 7) is 1.43. The van der Waals surface area contributed by atoms with Gasteiger partial charge in [-0.05, 0) is 5.56 Å². The summed E-state index contributed by atoms with van der Waals surface area (Å²) in [5, 5.41) is 11.3. The number of carbonyl (C=O) groups excluding carboxylic acids is 1. The average molecular weight is 299 g/mol. The monoisotopic (exact) mass is 299 g/mol. The highest BCUT2D eigenvalue weighted by Crippen LogP contribution is 2.04. The number of nitrogens with one attached hydrogen (secondary N) is 1. The Hall–Kier alpha value is -1.89. The first-order valence-electron chi connectivity index (χ1n) is 6.10. The van der Waals surface area contributed by atoms with E-state index >= 15 is 0 Å². The van der Waals surface area contributed by atoms with Crippen LogP contribution < -0.4 is 5.32 Å². The van der Waals surface area contributed by atoms with Gasteiger partial charge in [0.1, 0.15) is 11.8 Å². The predicted octanol–water partition coefficient (Wildman–Crippen LogP) is 0.233. The number of sulfone groups is 1. The Labute approximate surface area is 117 Å². The molecule has 0 saturated heterocycles. The van der Waals surface area contributed by atoms with Crippen LogP contribution in [0, 0.1) is 0 Å². The van der Waals surface area contributed by atoms with Crippen molar-refractivity contribution < 1.29 is 23.1 Å². The summed E-state index contributed by atoms with van der Waals surface area (Å²) >= 11 is 0. The maximum absolute atomic E-state index is 11.6. The van der Waals surface area contributed by atoms with E-state index in [9.17, 15) is 18.0 Å². The van der Waals surface area contributed by atoms with E-state index in [1.54, 1.807) is 30.3 Å². The zero-order valence-electron chi connectivity index (χ0n) is 11.1. The van der Waals surface area contributed by atoms with Crippen molar-refractivity contribution in [1.29, 1.82) is 0 Å². The summed E-state index contributed by atoms with van der Waals surface area (Å²) in [5.74, 6) is -2.84. The molecule has 1 aromatic carbocycles. The molecule has 0 heterocycles. The first-order chi connectivity index (χ1) is 9.34. The minimum Gasteiger partial charge on any atom is -0.480 e. The third-order valence-corrected chi connectivity index (χ3v) is 4.29. The third-order valence-electron chi connectivity index (χ3n) is 2.71. The fraction of sp³-hybridized carbons (Fsp3) is 0.385. The molecular formula is C13H17NO5S. The Balaban J connectivity index is 2.69. The van der Waals surface area contributed by atoms with Gasteiger partial charge < -0.3 is 10.4 Å². The van der Waals surface area contributed by atoms with Gasteiger partial charge in [0.05, 0.1) is 0 Å². The van der Waals surface area contributed by atoms with E-state index in [1.165, 1.54) is 6.92 Å². The molecule has 20 heavy (non-hydrogen) atoms. The second kappa shape index (κ2) is 7.04. The number of aliphatic carboxylic acids is 1. The van der Waals surface area contributed by atoms with Crippen molar-refractivity contribution in [3.63, 3.8) is 0 Å². The maximum Gasteiger partial charge on any atom is 0.326 e. The van der Waals surface area contributed by atoms with Crippen LogP contribution in [0.25, 0.3) is 0 Å². The second-order valence-corrected chi connectivity index (χ2v) is 6.68. The lowest BCUT2D eigenvalue weighted by atomic mass is 10.1. The average Bonchev–Trinajstić information content (AvgIpc) is 2.38. The Morgan fingerprint density at radius 3 is 2.35 bits per heavy atom. The predicted molar refractivity (Wildman–Crippen MR) is 74.0 cm³/mol. The van der Waals surface area contributed by atoms with Crippen molar-refractivity contribution in [2.24, 2.45) is 0 Å². The van der Waals surface area contributed by atoms with Crippen molar-refractivity contribution in [1.82, 2.24) is 5.32 Å². The highest BCUT2D eigenvalue weighted by molar-refractivity contribution is 7.92. The quantitative estimate of drug-likeness (QED) is 0.751. The summed E-state index contributed by atoms with van der Waals surface area (Å²) in [6, 6.07) is 7.66. The van der Waals surface area contributed by atoms with Crippen LogP contribution >= 0.6 is 0 Å². The van der Waals surface area contributed by atoms with E-state index < -0.39 is 33.5 Å². The second-order valence-electron chi connectivity index (χ2n) is 4.32. The lowest BCUT2D eigenvalue weighted by Crippen LogP contribution is -2.44. The van der Waals surface area contributed by atoms with Crippen molar-refractivity contribution in [2.45, 2.75) is 19.4 Å². The van der Waals surface area contributed by atoms with Gasteiger partial charge in [0, 0.05) is 12.2 Å². The van der Waals surface area contributed by atoms with Crippen LogP contribution in [0.4, 0.5) is 0 Å². The highest BCUT2D eigenvalue weighted by atomic mass is 32.2. The fourth-order valence-corrected chi connectivity index (χ4v) is 2.27. The van der Waals surface area contributed by atoms with E-state index in [1.807, 2.05) is 0 Å². The molecule has 0 spiro atoms. The molecule has 0 aliphatic carbocycles. The van der Waals surface area contributed by atoms with Crippen LogP contribution in [-0.2, 0) is 25.8 Å². The molecule has 0 fully saturated rings. The van der Waals surface area contributed by atoms with E-state index in [2.05, 4.69) is 5.32 Å². The molecule has 0 radical (unpaired) electrons. The van der Waals surface area contributed by atoms with Crippen molar-refractivity contribution in [3.05, 3.63) is 35.9 Å². The molecule has 6 nitrogen and oxygen atoms in total. The molecule has 1 rings (SSSR count). The molecule has 0 bridgehead atoms.